The van der Waals surface area contributed by atoms with E-state index in [4.69, 9.17) is 12.2 Å². The third-order valence-electron chi connectivity index (χ3n) is 4.09. The molecule has 0 saturated carbocycles. The highest BCUT2D eigenvalue weighted by Gasteiger charge is 2.23. The summed E-state index contributed by atoms with van der Waals surface area (Å²) in [6.07, 6.45) is 4.60. The Hall–Kier alpha value is -3.14. The minimum absolute atomic E-state index is 0.0323. The Bertz CT molecular complexity index is 1030. The zero-order valence-electron chi connectivity index (χ0n) is 13.0. The summed E-state index contributed by atoms with van der Waals surface area (Å²) in [4.78, 5) is 10.3. The summed E-state index contributed by atoms with van der Waals surface area (Å²) in [6.45, 7) is 0. The SMILES string of the molecule is O=[N+]([O-])c1ccc(/C=N/n2c(-c3n[nH]c4c3CCC4)n[nH]c2=S)cc1. The molecule has 4 rings (SSSR count). The molecule has 0 saturated heterocycles. The number of nitrogens with zero attached hydrogens (tertiary/aromatic N) is 5. The van der Waals surface area contributed by atoms with Crippen molar-refractivity contribution in [3.05, 3.63) is 56.0 Å². The second kappa shape index (κ2) is 6.06. The molecule has 0 atom stereocenters. The van der Waals surface area contributed by atoms with Crippen LogP contribution in [0.5, 0.6) is 0 Å². The van der Waals surface area contributed by atoms with Crippen molar-refractivity contribution < 1.29 is 4.92 Å². The van der Waals surface area contributed by atoms with Gasteiger partial charge in [0.1, 0.15) is 5.69 Å². The molecule has 2 heterocycles. The third kappa shape index (κ3) is 2.76. The average molecular weight is 355 g/mol. The number of rotatable bonds is 4. The molecule has 1 aliphatic carbocycles. The van der Waals surface area contributed by atoms with Crippen LogP contribution in [-0.4, -0.2) is 36.2 Å². The maximum Gasteiger partial charge on any atom is 0.269 e. The predicted molar refractivity (Wildman–Crippen MR) is 93.1 cm³/mol. The molecule has 0 amide bonds. The van der Waals surface area contributed by atoms with Gasteiger partial charge in [-0.1, -0.05) is 0 Å². The fraction of sp³-hybridized carbons (Fsp3) is 0.200. The Kier molecular flexibility index (Phi) is 3.73. The van der Waals surface area contributed by atoms with Crippen LogP contribution < -0.4 is 0 Å². The van der Waals surface area contributed by atoms with Crippen molar-refractivity contribution in [2.75, 3.05) is 0 Å². The van der Waals surface area contributed by atoms with Crippen molar-refractivity contribution in [3.8, 4) is 11.5 Å². The van der Waals surface area contributed by atoms with Crippen LogP contribution in [0, 0.1) is 14.9 Å². The first kappa shape index (κ1) is 15.4. The molecule has 1 aliphatic rings. The van der Waals surface area contributed by atoms with E-state index in [-0.39, 0.29) is 5.69 Å². The van der Waals surface area contributed by atoms with E-state index in [0.717, 1.165) is 36.2 Å². The summed E-state index contributed by atoms with van der Waals surface area (Å²) in [6, 6.07) is 6.10. The quantitative estimate of drug-likeness (QED) is 0.323. The van der Waals surface area contributed by atoms with Crippen molar-refractivity contribution in [3.63, 3.8) is 0 Å². The number of hydrogen-bond acceptors (Lipinski definition) is 6. The van der Waals surface area contributed by atoms with Gasteiger partial charge in [0.2, 0.25) is 10.6 Å². The lowest BCUT2D eigenvalue weighted by Crippen LogP contribution is -1.97. The molecule has 0 fully saturated rings. The number of hydrogen-bond donors (Lipinski definition) is 2. The van der Waals surface area contributed by atoms with Crippen LogP contribution in [0.1, 0.15) is 23.2 Å². The highest BCUT2D eigenvalue weighted by atomic mass is 32.1. The van der Waals surface area contributed by atoms with Crippen LogP contribution in [0.15, 0.2) is 29.4 Å². The molecule has 126 valence electrons. The van der Waals surface area contributed by atoms with Gasteiger partial charge in [0.05, 0.1) is 11.1 Å². The number of aryl methyl sites for hydroxylation is 1. The molecule has 1 aromatic carbocycles. The highest BCUT2D eigenvalue weighted by molar-refractivity contribution is 7.71. The minimum Gasteiger partial charge on any atom is -0.282 e. The highest BCUT2D eigenvalue weighted by Crippen LogP contribution is 2.29. The zero-order chi connectivity index (χ0) is 17.4. The van der Waals surface area contributed by atoms with Gasteiger partial charge >= 0.3 is 0 Å². The molecule has 25 heavy (non-hydrogen) atoms. The molecule has 2 N–H and O–H groups in total. The summed E-state index contributed by atoms with van der Waals surface area (Å²) in [5.41, 5.74) is 3.79. The summed E-state index contributed by atoms with van der Waals surface area (Å²) < 4.78 is 1.86. The first-order valence-corrected chi connectivity index (χ1v) is 8.07. The molecule has 0 radical (unpaired) electrons. The summed E-state index contributed by atoms with van der Waals surface area (Å²) >= 11 is 5.25. The first-order valence-electron chi connectivity index (χ1n) is 7.66. The molecule has 0 bridgehead atoms. The van der Waals surface area contributed by atoms with Crippen molar-refractivity contribution >= 4 is 24.1 Å². The molecule has 9 nitrogen and oxygen atoms in total. The van der Waals surface area contributed by atoms with Gasteiger partial charge in [-0.05, 0) is 49.2 Å². The van der Waals surface area contributed by atoms with Crippen molar-refractivity contribution in [1.29, 1.82) is 0 Å². The number of fused-ring (bicyclic) bond motifs is 1. The maximum atomic E-state index is 10.7. The smallest absolute Gasteiger partial charge is 0.269 e. The van der Waals surface area contributed by atoms with Gasteiger partial charge in [-0.3, -0.25) is 15.2 Å². The maximum absolute atomic E-state index is 10.7. The van der Waals surface area contributed by atoms with E-state index < -0.39 is 4.92 Å². The van der Waals surface area contributed by atoms with E-state index in [2.05, 4.69) is 25.5 Å². The summed E-state index contributed by atoms with van der Waals surface area (Å²) in [5.74, 6) is 0.544. The number of benzene rings is 1. The van der Waals surface area contributed by atoms with E-state index >= 15 is 0 Å². The molecule has 10 heteroatoms. The van der Waals surface area contributed by atoms with Gasteiger partial charge in [-0.2, -0.15) is 20.0 Å². The van der Waals surface area contributed by atoms with Crippen LogP contribution >= 0.6 is 12.2 Å². The number of aromatic nitrogens is 5. The van der Waals surface area contributed by atoms with Gasteiger partial charge in [0.15, 0.2) is 0 Å². The molecular weight excluding hydrogens is 342 g/mol. The Balaban J connectivity index is 1.68. The fourth-order valence-electron chi connectivity index (χ4n) is 2.86. The molecule has 0 spiro atoms. The number of aromatic amines is 2. The molecule has 2 aromatic heterocycles. The summed E-state index contributed by atoms with van der Waals surface area (Å²) in [5, 5.41) is 29.4. The predicted octanol–water partition coefficient (Wildman–Crippen LogP) is 2.61. The largest absolute Gasteiger partial charge is 0.282 e. The van der Waals surface area contributed by atoms with E-state index in [0.29, 0.717) is 16.2 Å². The van der Waals surface area contributed by atoms with Crippen LogP contribution in [-0.2, 0) is 12.8 Å². The van der Waals surface area contributed by atoms with Crippen molar-refractivity contribution in [2.45, 2.75) is 19.3 Å². The zero-order valence-corrected chi connectivity index (χ0v) is 13.8. The topological polar surface area (TPSA) is 118 Å². The normalized spacial score (nSPS) is 13.4. The van der Waals surface area contributed by atoms with Crippen LogP contribution in [0.2, 0.25) is 0 Å². The van der Waals surface area contributed by atoms with E-state index in [1.165, 1.54) is 16.8 Å². The summed E-state index contributed by atoms with van der Waals surface area (Å²) in [7, 11) is 0. The number of nitro groups is 1. The lowest BCUT2D eigenvalue weighted by molar-refractivity contribution is -0.384. The van der Waals surface area contributed by atoms with Gasteiger partial charge in [0.25, 0.3) is 5.69 Å². The Labute approximate surface area is 146 Å². The Morgan fingerprint density at radius 3 is 2.80 bits per heavy atom. The second-order valence-corrected chi connectivity index (χ2v) is 6.03. The minimum atomic E-state index is -0.441. The van der Waals surface area contributed by atoms with Gasteiger partial charge in [-0.15, -0.1) is 0 Å². The van der Waals surface area contributed by atoms with Crippen LogP contribution in [0.25, 0.3) is 11.5 Å². The van der Waals surface area contributed by atoms with E-state index in [1.807, 2.05) is 0 Å². The van der Waals surface area contributed by atoms with Crippen molar-refractivity contribution in [2.24, 2.45) is 5.10 Å². The number of H-pyrrole nitrogens is 2. The number of nitrogens with one attached hydrogen (secondary N) is 2. The van der Waals surface area contributed by atoms with E-state index in [9.17, 15) is 10.1 Å². The van der Waals surface area contributed by atoms with Gasteiger partial charge in [0, 0.05) is 23.4 Å². The molecule has 0 unspecified atom stereocenters. The van der Waals surface area contributed by atoms with E-state index in [1.54, 1.807) is 18.3 Å². The van der Waals surface area contributed by atoms with Crippen LogP contribution in [0.4, 0.5) is 5.69 Å². The Morgan fingerprint density at radius 1 is 1.24 bits per heavy atom. The standard InChI is InChI=1S/C15H13N7O2S/c23-22(24)10-6-4-9(5-7-10)8-16-21-14(19-20-15(21)25)13-11-2-1-3-12(11)17-18-13/h4-8H,1-3H2,(H,17,18)(H,20,25)/b16-8+. The molecule has 3 aromatic rings. The van der Waals surface area contributed by atoms with Gasteiger partial charge in [-0.25, -0.2) is 5.10 Å². The monoisotopic (exact) mass is 355 g/mol. The first-order chi connectivity index (χ1) is 12.1. The Morgan fingerprint density at radius 2 is 2.04 bits per heavy atom. The fourth-order valence-corrected chi connectivity index (χ4v) is 3.04. The van der Waals surface area contributed by atoms with Crippen LogP contribution in [0.3, 0.4) is 0 Å². The number of non-ortho nitro benzene ring substituents is 1. The second-order valence-electron chi connectivity index (χ2n) is 5.64. The lowest BCUT2D eigenvalue weighted by Gasteiger charge is -2.00. The molecule has 0 aliphatic heterocycles. The molecular formula is C15H13N7O2S. The van der Waals surface area contributed by atoms with Gasteiger partial charge < -0.3 is 0 Å². The number of nitro benzene ring substituents is 1. The lowest BCUT2D eigenvalue weighted by atomic mass is 10.2. The van der Waals surface area contributed by atoms with Crippen molar-refractivity contribution in [1.82, 2.24) is 25.1 Å². The average Bonchev–Trinajstić information content (AvgIpc) is 3.29. The third-order valence-corrected chi connectivity index (χ3v) is 4.36.